The van der Waals surface area contributed by atoms with E-state index in [1.54, 1.807) is 0 Å². The molecule has 7 heteroatoms. The lowest BCUT2D eigenvalue weighted by Gasteiger charge is -2.06. The molecule has 1 aliphatic carbocycles. The summed E-state index contributed by atoms with van der Waals surface area (Å²) in [5, 5.41) is 0.0207. The van der Waals surface area contributed by atoms with Crippen molar-refractivity contribution < 1.29 is 13.2 Å². The molecule has 0 aromatic carbocycles. The molecule has 0 amide bonds. The second-order valence-electron chi connectivity index (χ2n) is 4.08. The van der Waals surface area contributed by atoms with Crippen molar-refractivity contribution in [2.75, 3.05) is 0 Å². The Kier molecular flexibility index (Phi) is 2.13. The average Bonchev–Trinajstić information content (AvgIpc) is 2.97. The first-order valence-electron chi connectivity index (χ1n) is 5.08. The molecule has 0 radical (unpaired) electrons. The number of aromatic nitrogens is 3. The van der Waals surface area contributed by atoms with E-state index in [1.165, 1.54) is 0 Å². The van der Waals surface area contributed by atoms with Gasteiger partial charge in [0.1, 0.15) is 22.4 Å². The van der Waals surface area contributed by atoms with E-state index in [9.17, 15) is 13.2 Å². The average molecular weight is 262 g/mol. The Morgan fingerprint density at radius 1 is 1.35 bits per heavy atom. The fourth-order valence-corrected chi connectivity index (χ4v) is 1.93. The number of H-pyrrole nitrogens is 1. The first-order chi connectivity index (χ1) is 7.97. The van der Waals surface area contributed by atoms with E-state index in [4.69, 9.17) is 11.6 Å². The van der Waals surface area contributed by atoms with Crippen molar-refractivity contribution in [3.8, 4) is 0 Å². The van der Waals surface area contributed by atoms with Crippen LogP contribution >= 0.6 is 11.6 Å². The summed E-state index contributed by atoms with van der Waals surface area (Å²) in [6.45, 7) is 0. The third kappa shape index (κ3) is 1.76. The predicted octanol–water partition coefficient (Wildman–Crippen LogP) is 3.51. The number of fused-ring (bicyclic) bond motifs is 1. The summed E-state index contributed by atoms with van der Waals surface area (Å²) >= 11 is 5.77. The fraction of sp³-hybridized carbons (Fsp3) is 0.400. The number of aromatic amines is 1. The van der Waals surface area contributed by atoms with Crippen LogP contribution in [-0.4, -0.2) is 15.0 Å². The maximum absolute atomic E-state index is 12.7. The Bertz CT molecular complexity index is 586. The Hall–Kier alpha value is -1.30. The largest absolute Gasteiger partial charge is 0.420 e. The van der Waals surface area contributed by atoms with Crippen LogP contribution in [0, 0.1) is 0 Å². The number of hydrogen-bond donors (Lipinski definition) is 1. The third-order valence-corrected chi connectivity index (χ3v) is 3.05. The SMILES string of the molecule is FC(F)(F)c1cnc(Cl)c2[nH]c(C3CC3)nc12. The molecule has 0 saturated heterocycles. The van der Waals surface area contributed by atoms with Crippen LogP contribution in [0.25, 0.3) is 11.0 Å². The molecule has 17 heavy (non-hydrogen) atoms. The van der Waals surface area contributed by atoms with E-state index >= 15 is 0 Å². The normalized spacial score (nSPS) is 16.7. The lowest BCUT2D eigenvalue weighted by atomic mass is 10.2. The lowest BCUT2D eigenvalue weighted by Crippen LogP contribution is -2.06. The summed E-state index contributed by atoms with van der Waals surface area (Å²) in [5.41, 5.74) is -0.817. The van der Waals surface area contributed by atoms with Crippen LogP contribution in [0.5, 0.6) is 0 Å². The minimum absolute atomic E-state index is 0.0207. The van der Waals surface area contributed by atoms with Crippen LogP contribution in [0.1, 0.15) is 30.1 Å². The topological polar surface area (TPSA) is 41.6 Å². The Balaban J connectivity index is 2.26. The monoisotopic (exact) mass is 261 g/mol. The first-order valence-corrected chi connectivity index (χ1v) is 5.46. The highest BCUT2D eigenvalue weighted by atomic mass is 35.5. The van der Waals surface area contributed by atoms with Gasteiger partial charge in [0.2, 0.25) is 0 Å². The highest BCUT2D eigenvalue weighted by molar-refractivity contribution is 6.33. The van der Waals surface area contributed by atoms with E-state index in [0.717, 1.165) is 19.0 Å². The zero-order valence-corrected chi connectivity index (χ0v) is 9.23. The van der Waals surface area contributed by atoms with Gasteiger partial charge in [0.25, 0.3) is 0 Å². The molecule has 0 unspecified atom stereocenters. The Morgan fingerprint density at radius 2 is 2.06 bits per heavy atom. The number of hydrogen-bond acceptors (Lipinski definition) is 2. The zero-order valence-electron chi connectivity index (χ0n) is 8.48. The smallest absolute Gasteiger partial charge is 0.339 e. The number of imidazole rings is 1. The molecule has 2 heterocycles. The maximum atomic E-state index is 12.7. The molecule has 0 spiro atoms. The van der Waals surface area contributed by atoms with Crippen molar-refractivity contribution in [3.05, 3.63) is 22.7 Å². The van der Waals surface area contributed by atoms with Gasteiger partial charge in [0, 0.05) is 12.1 Å². The molecule has 1 N–H and O–H groups in total. The quantitative estimate of drug-likeness (QED) is 0.798. The van der Waals surface area contributed by atoms with Gasteiger partial charge in [-0.2, -0.15) is 13.2 Å². The summed E-state index contributed by atoms with van der Waals surface area (Å²) in [7, 11) is 0. The molecular weight excluding hydrogens is 255 g/mol. The van der Waals surface area contributed by atoms with Gasteiger partial charge in [-0.15, -0.1) is 0 Å². The van der Waals surface area contributed by atoms with Gasteiger partial charge in [0.15, 0.2) is 5.15 Å². The minimum atomic E-state index is -4.47. The van der Waals surface area contributed by atoms with Crippen molar-refractivity contribution in [3.63, 3.8) is 0 Å². The molecule has 90 valence electrons. The van der Waals surface area contributed by atoms with Gasteiger partial charge in [-0.1, -0.05) is 11.6 Å². The molecule has 3 rings (SSSR count). The van der Waals surface area contributed by atoms with Gasteiger partial charge < -0.3 is 4.98 Å². The van der Waals surface area contributed by atoms with Crippen LogP contribution in [0.4, 0.5) is 13.2 Å². The summed E-state index contributed by atoms with van der Waals surface area (Å²) < 4.78 is 38.2. The van der Waals surface area contributed by atoms with Gasteiger partial charge in [-0.05, 0) is 12.8 Å². The highest BCUT2D eigenvalue weighted by Gasteiger charge is 2.36. The van der Waals surface area contributed by atoms with Gasteiger partial charge in [-0.3, -0.25) is 0 Å². The van der Waals surface area contributed by atoms with Gasteiger partial charge in [-0.25, -0.2) is 9.97 Å². The zero-order chi connectivity index (χ0) is 12.2. The molecule has 0 atom stereocenters. The Labute approximate surface area is 99.0 Å². The standard InChI is InChI=1S/C10H7ClF3N3/c11-8-7-6(5(3-15-8)10(12,13)14)16-9(17-7)4-1-2-4/h3-4H,1-2H2,(H,16,17). The van der Waals surface area contributed by atoms with E-state index < -0.39 is 11.7 Å². The molecule has 1 saturated carbocycles. The summed E-state index contributed by atoms with van der Waals surface area (Å²) in [6, 6.07) is 0. The molecule has 2 aromatic rings. The van der Waals surface area contributed by atoms with E-state index in [0.29, 0.717) is 5.82 Å². The second kappa shape index (κ2) is 3.35. The first kappa shape index (κ1) is 10.8. The minimum Gasteiger partial charge on any atom is -0.339 e. The van der Waals surface area contributed by atoms with Gasteiger partial charge >= 0.3 is 6.18 Å². The number of pyridine rings is 1. The maximum Gasteiger partial charge on any atom is 0.420 e. The van der Waals surface area contributed by atoms with Crippen LogP contribution in [-0.2, 0) is 6.18 Å². The van der Waals surface area contributed by atoms with Crippen LogP contribution in [0.15, 0.2) is 6.20 Å². The highest BCUT2D eigenvalue weighted by Crippen LogP contribution is 2.41. The predicted molar refractivity (Wildman–Crippen MR) is 55.9 cm³/mol. The number of nitrogens with one attached hydrogen (secondary N) is 1. The molecule has 3 nitrogen and oxygen atoms in total. The lowest BCUT2D eigenvalue weighted by molar-refractivity contribution is -0.136. The van der Waals surface area contributed by atoms with Crippen LogP contribution < -0.4 is 0 Å². The molecular formula is C10H7ClF3N3. The van der Waals surface area contributed by atoms with Crippen molar-refractivity contribution in [1.29, 1.82) is 0 Å². The van der Waals surface area contributed by atoms with Crippen molar-refractivity contribution in [2.24, 2.45) is 0 Å². The van der Waals surface area contributed by atoms with E-state index in [-0.39, 0.29) is 22.1 Å². The molecule has 0 aliphatic heterocycles. The molecule has 2 aromatic heterocycles. The summed E-state index contributed by atoms with van der Waals surface area (Å²) in [6.07, 6.45) is -1.84. The van der Waals surface area contributed by atoms with Crippen LogP contribution in [0.3, 0.4) is 0 Å². The molecule has 1 fully saturated rings. The fourth-order valence-electron chi connectivity index (χ4n) is 1.74. The second-order valence-corrected chi connectivity index (χ2v) is 4.44. The van der Waals surface area contributed by atoms with Gasteiger partial charge in [0.05, 0.1) is 0 Å². The Morgan fingerprint density at radius 3 is 2.65 bits per heavy atom. The number of nitrogens with zero attached hydrogens (tertiary/aromatic N) is 2. The van der Waals surface area contributed by atoms with E-state index in [1.807, 2.05) is 0 Å². The van der Waals surface area contributed by atoms with Crippen molar-refractivity contribution in [2.45, 2.75) is 24.9 Å². The molecule has 0 bridgehead atoms. The summed E-state index contributed by atoms with van der Waals surface area (Å²) in [5.74, 6) is 0.806. The number of halogens is 4. The number of rotatable bonds is 1. The van der Waals surface area contributed by atoms with E-state index in [2.05, 4.69) is 15.0 Å². The third-order valence-electron chi connectivity index (χ3n) is 2.76. The molecule has 1 aliphatic rings. The van der Waals surface area contributed by atoms with Crippen LogP contribution in [0.2, 0.25) is 5.15 Å². The van der Waals surface area contributed by atoms with Crippen molar-refractivity contribution in [1.82, 2.24) is 15.0 Å². The van der Waals surface area contributed by atoms with Crippen molar-refractivity contribution >= 4 is 22.6 Å². The number of alkyl halides is 3. The summed E-state index contributed by atoms with van der Waals surface area (Å²) in [4.78, 5) is 10.4.